The summed E-state index contributed by atoms with van der Waals surface area (Å²) >= 11 is 13.7. The first kappa shape index (κ1) is 15.3. The molecular weight excluding hydrogens is 327 g/mol. The summed E-state index contributed by atoms with van der Waals surface area (Å²) in [4.78, 5) is 2.49. The van der Waals surface area contributed by atoms with Crippen molar-refractivity contribution < 1.29 is 0 Å². The molecule has 1 N–H and O–H groups in total. The summed E-state index contributed by atoms with van der Waals surface area (Å²) in [5.74, 6) is 0. The van der Waals surface area contributed by atoms with Gasteiger partial charge in [-0.05, 0) is 38.4 Å². The number of aromatic nitrogens is 2. The maximum atomic E-state index is 6.36. The zero-order valence-electron chi connectivity index (χ0n) is 11.9. The Bertz CT molecular complexity index is 631. The molecule has 1 aromatic carbocycles. The van der Waals surface area contributed by atoms with Crippen LogP contribution >= 0.6 is 34.9 Å². The van der Waals surface area contributed by atoms with Crippen LogP contribution in [0.25, 0.3) is 11.0 Å². The van der Waals surface area contributed by atoms with Crippen LogP contribution in [0.4, 0.5) is 5.69 Å². The van der Waals surface area contributed by atoms with Crippen molar-refractivity contribution in [1.29, 1.82) is 0 Å². The minimum atomic E-state index is 0.421. The Morgan fingerprint density at radius 3 is 2.86 bits per heavy atom. The highest BCUT2D eigenvalue weighted by Gasteiger charge is 2.20. The molecule has 1 atom stereocenters. The van der Waals surface area contributed by atoms with E-state index in [-0.39, 0.29) is 0 Å². The lowest BCUT2D eigenvalue weighted by Crippen LogP contribution is -2.26. The standard InChI is InChI=1S/C14H18Cl2N4S/c1-2-20-6-3-4-9(5-7-20)17-12-10(15)8-11(16)13-14(12)19-21-18-13/h8-9,17H,2-7H2,1H3. The lowest BCUT2D eigenvalue weighted by Gasteiger charge is -2.20. The molecule has 0 saturated carbocycles. The molecule has 0 spiro atoms. The molecule has 2 aromatic rings. The topological polar surface area (TPSA) is 41.0 Å². The minimum absolute atomic E-state index is 0.421. The molecule has 1 aliphatic rings. The first-order valence-electron chi connectivity index (χ1n) is 7.28. The molecule has 1 aliphatic heterocycles. The third kappa shape index (κ3) is 3.26. The third-order valence-corrected chi connectivity index (χ3v) is 5.17. The number of hydrogen-bond donors (Lipinski definition) is 1. The minimum Gasteiger partial charge on any atom is -0.379 e. The van der Waals surface area contributed by atoms with Crippen molar-refractivity contribution in [3.63, 3.8) is 0 Å². The normalized spacial score (nSPS) is 20.6. The highest BCUT2D eigenvalue weighted by Crippen LogP contribution is 2.36. The molecule has 0 aliphatic carbocycles. The first-order valence-corrected chi connectivity index (χ1v) is 8.76. The molecule has 2 heterocycles. The van der Waals surface area contributed by atoms with Crippen molar-refractivity contribution in [3.05, 3.63) is 16.1 Å². The highest BCUT2D eigenvalue weighted by atomic mass is 35.5. The van der Waals surface area contributed by atoms with Crippen LogP contribution in [-0.4, -0.2) is 39.3 Å². The van der Waals surface area contributed by atoms with Crippen LogP contribution < -0.4 is 5.32 Å². The average Bonchev–Trinajstić information content (AvgIpc) is 2.85. The fraction of sp³-hybridized carbons (Fsp3) is 0.571. The fourth-order valence-electron chi connectivity index (χ4n) is 2.83. The van der Waals surface area contributed by atoms with Crippen molar-refractivity contribution in [3.8, 4) is 0 Å². The van der Waals surface area contributed by atoms with Gasteiger partial charge < -0.3 is 10.2 Å². The van der Waals surface area contributed by atoms with E-state index in [1.54, 1.807) is 6.07 Å². The van der Waals surface area contributed by atoms with Gasteiger partial charge in [-0.3, -0.25) is 0 Å². The van der Waals surface area contributed by atoms with Gasteiger partial charge in [-0.15, -0.1) is 0 Å². The molecule has 21 heavy (non-hydrogen) atoms. The Kier molecular flexibility index (Phi) is 4.84. The van der Waals surface area contributed by atoms with E-state index in [0.717, 1.165) is 42.7 Å². The number of rotatable bonds is 3. The largest absolute Gasteiger partial charge is 0.379 e. The van der Waals surface area contributed by atoms with Crippen molar-refractivity contribution in [2.24, 2.45) is 0 Å². The molecular formula is C14H18Cl2N4S. The molecule has 114 valence electrons. The van der Waals surface area contributed by atoms with Gasteiger partial charge in [0.25, 0.3) is 0 Å². The Labute approximate surface area is 138 Å². The summed E-state index contributed by atoms with van der Waals surface area (Å²) in [6.45, 7) is 5.64. The Morgan fingerprint density at radius 1 is 1.24 bits per heavy atom. The van der Waals surface area contributed by atoms with E-state index in [1.165, 1.54) is 24.7 Å². The van der Waals surface area contributed by atoms with Crippen LogP contribution in [-0.2, 0) is 0 Å². The average molecular weight is 345 g/mol. The van der Waals surface area contributed by atoms with Gasteiger partial charge >= 0.3 is 0 Å². The molecule has 0 amide bonds. The Balaban J connectivity index is 1.83. The zero-order valence-corrected chi connectivity index (χ0v) is 14.2. The van der Waals surface area contributed by atoms with Crippen molar-refractivity contribution in [2.45, 2.75) is 32.2 Å². The second kappa shape index (κ2) is 6.65. The number of anilines is 1. The van der Waals surface area contributed by atoms with Crippen LogP contribution in [0.15, 0.2) is 6.07 Å². The van der Waals surface area contributed by atoms with E-state index in [1.807, 2.05) is 0 Å². The summed E-state index contributed by atoms with van der Waals surface area (Å²) in [5, 5.41) is 4.76. The number of hydrogen-bond acceptors (Lipinski definition) is 5. The van der Waals surface area contributed by atoms with Gasteiger partial charge in [0.1, 0.15) is 11.0 Å². The molecule has 0 radical (unpaired) electrons. The smallest absolute Gasteiger partial charge is 0.130 e. The van der Waals surface area contributed by atoms with Gasteiger partial charge in [0, 0.05) is 12.6 Å². The zero-order chi connectivity index (χ0) is 14.8. The highest BCUT2D eigenvalue weighted by molar-refractivity contribution is 7.00. The molecule has 1 fully saturated rings. The predicted molar refractivity (Wildman–Crippen MR) is 90.8 cm³/mol. The van der Waals surface area contributed by atoms with E-state index in [4.69, 9.17) is 23.2 Å². The monoisotopic (exact) mass is 344 g/mol. The second-order valence-electron chi connectivity index (χ2n) is 5.38. The summed E-state index contributed by atoms with van der Waals surface area (Å²) in [6, 6.07) is 2.18. The van der Waals surface area contributed by atoms with Crippen LogP contribution in [0.3, 0.4) is 0 Å². The van der Waals surface area contributed by atoms with E-state index in [0.29, 0.717) is 16.1 Å². The van der Waals surface area contributed by atoms with Crippen molar-refractivity contribution in [2.75, 3.05) is 25.0 Å². The van der Waals surface area contributed by atoms with Gasteiger partial charge in [-0.1, -0.05) is 30.1 Å². The second-order valence-corrected chi connectivity index (χ2v) is 6.73. The van der Waals surface area contributed by atoms with Crippen LogP contribution in [0.1, 0.15) is 26.2 Å². The maximum absolute atomic E-state index is 6.36. The van der Waals surface area contributed by atoms with Gasteiger partial charge in [-0.25, -0.2) is 0 Å². The third-order valence-electron chi connectivity index (χ3n) is 4.06. The SMILES string of the molecule is CCN1CCCC(Nc2c(Cl)cc(Cl)c3nsnc23)CC1. The quantitative estimate of drug-likeness (QED) is 0.901. The number of benzene rings is 1. The number of nitrogens with one attached hydrogen (secondary N) is 1. The molecule has 4 nitrogen and oxygen atoms in total. The molecule has 7 heteroatoms. The first-order chi connectivity index (χ1) is 10.2. The molecule has 1 aromatic heterocycles. The van der Waals surface area contributed by atoms with Crippen molar-refractivity contribution >= 4 is 51.7 Å². The Morgan fingerprint density at radius 2 is 2.05 bits per heavy atom. The summed E-state index contributed by atoms with van der Waals surface area (Å²) in [6.07, 6.45) is 3.47. The molecule has 0 bridgehead atoms. The summed E-state index contributed by atoms with van der Waals surface area (Å²) < 4.78 is 8.60. The molecule has 1 saturated heterocycles. The summed E-state index contributed by atoms with van der Waals surface area (Å²) in [5.41, 5.74) is 2.39. The summed E-state index contributed by atoms with van der Waals surface area (Å²) in [7, 11) is 0. The van der Waals surface area contributed by atoms with E-state index in [9.17, 15) is 0 Å². The molecule has 1 unspecified atom stereocenters. The number of halogens is 2. The van der Waals surface area contributed by atoms with Crippen LogP contribution in [0.5, 0.6) is 0 Å². The predicted octanol–water partition coefficient (Wildman–Crippen LogP) is 4.28. The fourth-order valence-corrected chi connectivity index (χ4v) is 4.00. The van der Waals surface area contributed by atoms with E-state index >= 15 is 0 Å². The van der Waals surface area contributed by atoms with Gasteiger partial charge in [-0.2, -0.15) is 8.75 Å². The number of fused-ring (bicyclic) bond motifs is 1. The van der Waals surface area contributed by atoms with Crippen molar-refractivity contribution in [1.82, 2.24) is 13.6 Å². The van der Waals surface area contributed by atoms with Gasteiger partial charge in [0.05, 0.1) is 27.5 Å². The van der Waals surface area contributed by atoms with E-state index in [2.05, 4.69) is 25.9 Å². The van der Waals surface area contributed by atoms with Gasteiger partial charge in [0.15, 0.2) is 0 Å². The van der Waals surface area contributed by atoms with Crippen LogP contribution in [0.2, 0.25) is 10.0 Å². The number of nitrogens with zero attached hydrogens (tertiary/aromatic N) is 3. The van der Waals surface area contributed by atoms with E-state index < -0.39 is 0 Å². The lowest BCUT2D eigenvalue weighted by molar-refractivity contribution is 0.300. The van der Waals surface area contributed by atoms with Crippen LogP contribution in [0, 0.1) is 0 Å². The van der Waals surface area contributed by atoms with Gasteiger partial charge in [0.2, 0.25) is 0 Å². The number of likely N-dealkylation sites (tertiary alicyclic amines) is 1. The Hall–Kier alpha value is -0.620. The maximum Gasteiger partial charge on any atom is 0.130 e. The molecule has 3 rings (SSSR count). The lowest BCUT2D eigenvalue weighted by atomic mass is 10.1.